The molecule has 1 aliphatic heterocycles. The minimum Gasteiger partial charge on any atom is -0.504 e. The molecular weight excluding hydrogens is 758 g/mol. The third kappa shape index (κ3) is 8.72. The van der Waals surface area contributed by atoms with Crippen LogP contribution in [0.2, 0.25) is 23.2 Å². The first kappa shape index (κ1) is 43.0. The molecule has 0 unspecified atom stereocenters. The second-order valence-corrected chi connectivity index (χ2v) is 22.8. The lowest BCUT2D eigenvalue weighted by molar-refractivity contribution is 0.0130. The summed E-state index contributed by atoms with van der Waals surface area (Å²) >= 11 is 6.85. The van der Waals surface area contributed by atoms with Gasteiger partial charge in [0.25, 0.3) is 0 Å². The smallest absolute Gasteiger partial charge is 0.410 e. The average molecular weight is 813 g/mol. The molecule has 56 heavy (non-hydrogen) atoms. The van der Waals surface area contributed by atoms with Crippen LogP contribution in [-0.4, -0.2) is 81.3 Å². The lowest BCUT2D eigenvalue weighted by atomic mass is 10.0. The van der Waals surface area contributed by atoms with Gasteiger partial charge in [-0.05, 0) is 101 Å². The van der Waals surface area contributed by atoms with E-state index in [1.54, 1.807) is 11.1 Å². The van der Waals surface area contributed by atoms with Gasteiger partial charge in [0.1, 0.15) is 17.2 Å². The summed E-state index contributed by atoms with van der Waals surface area (Å²) in [6, 6.07) is 4.38. The number of carbonyl (C=O) groups is 1. The number of carbonyl (C=O) groups excluding carboxylic acids is 1. The van der Waals surface area contributed by atoms with E-state index in [1.807, 2.05) is 59.4 Å². The number of halogens is 3. The summed E-state index contributed by atoms with van der Waals surface area (Å²) in [5.41, 5.74) is -0.221. The average Bonchev–Trinajstić information content (AvgIpc) is 3.08. The van der Waals surface area contributed by atoms with Crippen molar-refractivity contribution >= 4 is 42.9 Å². The molecule has 1 aromatic carbocycles. The van der Waals surface area contributed by atoms with Crippen LogP contribution in [0.5, 0.6) is 5.75 Å². The Bertz CT molecular complexity index is 2190. The molecule has 1 fully saturated rings. The Morgan fingerprint density at radius 2 is 1.70 bits per heavy atom. The highest BCUT2D eigenvalue weighted by atomic mass is 35.5. The molecule has 0 radical (unpaired) electrons. The third-order valence-corrected chi connectivity index (χ3v) is 15.5. The van der Waals surface area contributed by atoms with E-state index in [1.165, 1.54) is 10.6 Å². The number of hydrogen-bond donors (Lipinski definition) is 1. The lowest BCUT2D eigenvalue weighted by Gasteiger charge is -2.44. The number of fused-ring (bicyclic) bond motifs is 1. The summed E-state index contributed by atoms with van der Waals surface area (Å²) in [6.07, 6.45) is 2.45. The highest BCUT2D eigenvalue weighted by Crippen LogP contribution is 2.41. The molecule has 11 nitrogen and oxygen atoms in total. The molecule has 1 aliphatic rings. The van der Waals surface area contributed by atoms with E-state index in [-0.39, 0.29) is 58.3 Å². The summed E-state index contributed by atoms with van der Waals surface area (Å²) in [7, 11) is -2.02. The van der Waals surface area contributed by atoms with Crippen LogP contribution in [0.15, 0.2) is 35.3 Å². The summed E-state index contributed by atoms with van der Waals surface area (Å²) in [4.78, 5) is 45.6. The maximum atomic E-state index is 15.5. The molecule has 304 valence electrons. The van der Waals surface area contributed by atoms with Gasteiger partial charge in [0, 0.05) is 38.0 Å². The number of aromatic nitrogens is 4. The first-order chi connectivity index (χ1) is 25.9. The number of nitrogens with zero attached hydrogens (tertiary/aromatic N) is 6. The van der Waals surface area contributed by atoms with E-state index in [9.17, 15) is 19.1 Å². The number of rotatable bonds is 9. The largest absolute Gasteiger partial charge is 0.504 e. The quantitative estimate of drug-likeness (QED) is 0.130. The molecular formula is C41H55ClF2N6O5Si. The maximum Gasteiger partial charge on any atom is 0.410 e. The maximum absolute atomic E-state index is 15.5. The number of aryl methyl sites for hydroxylation is 1. The van der Waals surface area contributed by atoms with Crippen LogP contribution in [0.25, 0.3) is 28.0 Å². The summed E-state index contributed by atoms with van der Waals surface area (Å²) in [5.74, 6) is -2.86. The standard InChI is InChI=1S/C41H55ClF2N6O5Si/c1-23(2)32-34(26(17-18-45-32)14-13-19-54-56(11,12)41(8,9)10)50-37-27(20-28(42)33(46-37)31-29(43)15-16-30(44)35(31)51)36(47-38(50)52)48-21-25(4)49(22-24(48)3)39(53)55-40(5,6)7/h15-18,20,23-25,51H,13-14,19,21-22H2,1-12H3/t24-,25+/m0/s1. The van der Waals surface area contributed by atoms with Gasteiger partial charge in [-0.15, -0.1) is 0 Å². The van der Waals surface area contributed by atoms with Crippen LogP contribution < -0.4 is 10.6 Å². The first-order valence-corrected chi connectivity index (χ1v) is 22.4. The molecule has 0 bridgehead atoms. The third-order valence-electron chi connectivity index (χ3n) is 10.7. The van der Waals surface area contributed by atoms with E-state index >= 15 is 4.39 Å². The number of benzene rings is 1. The van der Waals surface area contributed by atoms with Crippen molar-refractivity contribution in [1.29, 1.82) is 0 Å². The number of anilines is 1. The van der Waals surface area contributed by atoms with Crippen LogP contribution in [0, 0.1) is 11.6 Å². The van der Waals surface area contributed by atoms with Crippen molar-refractivity contribution in [1.82, 2.24) is 24.4 Å². The second-order valence-electron chi connectivity index (χ2n) is 17.6. The SMILES string of the molecule is CC(C)c1nccc(CCCO[Si](C)(C)C(C)(C)C)c1-n1c(=O)nc(N2C[C@@H](C)N(C(=O)OC(C)(C)C)C[C@@H]2C)c2cc(Cl)c(-c3c(F)ccc(F)c3O)nc21. The van der Waals surface area contributed by atoms with Gasteiger partial charge in [-0.25, -0.2) is 27.9 Å². The Kier molecular flexibility index (Phi) is 12.3. The minimum absolute atomic E-state index is 0.0389. The van der Waals surface area contributed by atoms with Crippen LogP contribution in [-0.2, 0) is 15.6 Å². The molecule has 0 saturated carbocycles. The molecule has 0 spiro atoms. The predicted molar refractivity (Wildman–Crippen MR) is 220 cm³/mol. The van der Waals surface area contributed by atoms with E-state index in [0.29, 0.717) is 36.2 Å². The van der Waals surface area contributed by atoms with Crippen molar-refractivity contribution in [2.24, 2.45) is 0 Å². The molecule has 1 N–H and O–H groups in total. The van der Waals surface area contributed by atoms with Crippen LogP contribution in [0.3, 0.4) is 0 Å². The number of hydrogen-bond acceptors (Lipinski definition) is 9. The van der Waals surface area contributed by atoms with E-state index in [0.717, 1.165) is 17.7 Å². The Hall–Kier alpha value is -4.14. The molecule has 3 aromatic heterocycles. The Morgan fingerprint density at radius 3 is 2.32 bits per heavy atom. The molecule has 2 atom stereocenters. The van der Waals surface area contributed by atoms with Gasteiger partial charge < -0.3 is 24.1 Å². The Balaban J connectivity index is 1.73. The van der Waals surface area contributed by atoms with Crippen molar-refractivity contribution in [3.05, 3.63) is 68.9 Å². The van der Waals surface area contributed by atoms with Gasteiger partial charge in [-0.1, -0.05) is 46.2 Å². The van der Waals surface area contributed by atoms with Crippen LogP contribution >= 0.6 is 11.6 Å². The number of aromatic hydroxyl groups is 1. The van der Waals surface area contributed by atoms with Crippen molar-refractivity contribution in [2.75, 3.05) is 24.6 Å². The number of piperazine rings is 1. The fourth-order valence-corrected chi connectivity index (χ4v) is 8.00. The number of ether oxygens (including phenoxy) is 1. The van der Waals surface area contributed by atoms with Crippen molar-refractivity contribution < 1.29 is 27.8 Å². The van der Waals surface area contributed by atoms with Gasteiger partial charge in [-0.3, -0.25) is 4.98 Å². The minimum atomic E-state index is -2.02. The summed E-state index contributed by atoms with van der Waals surface area (Å²) < 4.78 is 43.7. The number of phenols is 1. The van der Waals surface area contributed by atoms with Gasteiger partial charge >= 0.3 is 11.8 Å². The predicted octanol–water partition coefficient (Wildman–Crippen LogP) is 9.39. The molecule has 4 heterocycles. The van der Waals surface area contributed by atoms with Gasteiger partial charge in [0.15, 0.2) is 25.5 Å². The summed E-state index contributed by atoms with van der Waals surface area (Å²) in [6.45, 7) is 25.2. The van der Waals surface area contributed by atoms with Crippen molar-refractivity contribution in [3.8, 4) is 22.7 Å². The molecule has 1 saturated heterocycles. The molecule has 15 heteroatoms. The normalized spacial score (nSPS) is 16.9. The fourth-order valence-electron chi connectivity index (χ4n) is 6.67. The first-order valence-electron chi connectivity index (χ1n) is 19.1. The van der Waals surface area contributed by atoms with Gasteiger partial charge in [-0.2, -0.15) is 4.98 Å². The number of phenolic OH excluding ortho intramolecular Hbond substituents is 1. The zero-order valence-corrected chi connectivity index (χ0v) is 36.3. The Morgan fingerprint density at radius 1 is 1.04 bits per heavy atom. The lowest BCUT2D eigenvalue weighted by Crippen LogP contribution is -2.59. The fraction of sp³-hybridized carbons (Fsp3) is 0.537. The summed E-state index contributed by atoms with van der Waals surface area (Å²) in [5, 5.41) is 11.0. The highest BCUT2D eigenvalue weighted by Gasteiger charge is 2.38. The number of amides is 1. The van der Waals surface area contributed by atoms with E-state index in [2.05, 4.69) is 38.8 Å². The molecule has 1 amide bonds. The van der Waals surface area contributed by atoms with Crippen LogP contribution in [0.1, 0.15) is 92.8 Å². The topological polar surface area (TPSA) is 123 Å². The van der Waals surface area contributed by atoms with Gasteiger partial charge in [0.05, 0.1) is 33.0 Å². The Labute approximate surface area is 334 Å². The molecule has 5 rings (SSSR count). The van der Waals surface area contributed by atoms with Crippen LogP contribution in [0.4, 0.5) is 19.4 Å². The monoisotopic (exact) mass is 812 g/mol. The van der Waals surface area contributed by atoms with Gasteiger partial charge in [0.2, 0.25) is 0 Å². The highest BCUT2D eigenvalue weighted by molar-refractivity contribution is 6.74. The molecule has 4 aromatic rings. The van der Waals surface area contributed by atoms with E-state index < -0.39 is 48.6 Å². The second kappa shape index (κ2) is 16.0. The zero-order chi connectivity index (χ0) is 41.7. The molecule has 0 aliphatic carbocycles. The zero-order valence-electron chi connectivity index (χ0n) is 34.6. The van der Waals surface area contributed by atoms with Crippen molar-refractivity contribution in [2.45, 2.75) is 124 Å². The van der Waals surface area contributed by atoms with E-state index in [4.69, 9.17) is 30.7 Å². The number of pyridine rings is 2. The van der Waals surface area contributed by atoms with Crippen molar-refractivity contribution in [3.63, 3.8) is 0 Å².